The van der Waals surface area contributed by atoms with Crippen LogP contribution in [0.15, 0.2) is 32.7 Å². The molecule has 0 fully saturated rings. The molecule has 1 aliphatic heterocycles. The lowest BCUT2D eigenvalue weighted by molar-refractivity contribution is -0.113. The number of benzene rings is 1. The van der Waals surface area contributed by atoms with Crippen molar-refractivity contribution < 1.29 is 9.59 Å². The molecular weight excluding hydrogens is 418 g/mol. The first-order valence-corrected chi connectivity index (χ1v) is 11.2. The van der Waals surface area contributed by atoms with Crippen LogP contribution < -0.4 is 27.2 Å². The summed E-state index contributed by atoms with van der Waals surface area (Å²) in [5, 5.41) is 2.77. The molecule has 10 heteroatoms. The van der Waals surface area contributed by atoms with E-state index in [1.807, 2.05) is 20.8 Å². The van der Waals surface area contributed by atoms with Crippen LogP contribution in [-0.4, -0.2) is 33.7 Å². The Bertz CT molecular complexity index is 1120. The minimum atomic E-state index is -0.703. The Morgan fingerprint density at radius 3 is 2.71 bits per heavy atom. The van der Waals surface area contributed by atoms with Gasteiger partial charge in [0.2, 0.25) is 5.91 Å². The van der Waals surface area contributed by atoms with Gasteiger partial charge in [0.1, 0.15) is 5.82 Å². The van der Waals surface area contributed by atoms with Crippen molar-refractivity contribution in [2.75, 3.05) is 28.2 Å². The third-order valence-electron chi connectivity index (χ3n) is 4.87. The molecule has 9 nitrogen and oxygen atoms in total. The van der Waals surface area contributed by atoms with Crippen molar-refractivity contribution in [2.24, 2.45) is 5.92 Å². The molecule has 166 valence electrons. The minimum Gasteiger partial charge on any atom is -0.383 e. The monoisotopic (exact) mass is 445 g/mol. The van der Waals surface area contributed by atoms with Crippen LogP contribution >= 0.6 is 11.8 Å². The first-order valence-electron chi connectivity index (χ1n) is 10.2. The van der Waals surface area contributed by atoms with Gasteiger partial charge < -0.3 is 16.0 Å². The highest BCUT2D eigenvalue weighted by Gasteiger charge is 2.27. The number of carbonyl (C=O) groups excluding carboxylic acids is 2. The maximum absolute atomic E-state index is 13.5. The Labute approximate surface area is 184 Å². The first kappa shape index (κ1) is 22.7. The normalized spacial score (nSPS) is 13.1. The quantitative estimate of drug-likeness (QED) is 0.599. The maximum Gasteiger partial charge on any atom is 0.330 e. The van der Waals surface area contributed by atoms with Crippen LogP contribution in [0, 0.1) is 5.92 Å². The largest absolute Gasteiger partial charge is 0.383 e. The third-order valence-corrected chi connectivity index (χ3v) is 5.95. The fourth-order valence-electron chi connectivity index (χ4n) is 3.39. The lowest BCUT2D eigenvalue weighted by atomic mass is 10.1. The zero-order valence-electron chi connectivity index (χ0n) is 17.9. The number of hydrogen-bond acceptors (Lipinski definition) is 6. The highest BCUT2D eigenvalue weighted by molar-refractivity contribution is 8.00. The average molecular weight is 446 g/mol. The Balaban J connectivity index is 2.08. The Morgan fingerprint density at radius 2 is 2.03 bits per heavy atom. The second-order valence-corrected chi connectivity index (χ2v) is 8.87. The van der Waals surface area contributed by atoms with Gasteiger partial charge in [0.15, 0.2) is 5.69 Å². The lowest BCUT2D eigenvalue weighted by Crippen LogP contribution is -2.42. The summed E-state index contributed by atoms with van der Waals surface area (Å²) >= 11 is 1.40. The molecule has 4 N–H and O–H groups in total. The summed E-state index contributed by atoms with van der Waals surface area (Å²) in [6, 6.07) is 5.04. The molecule has 0 bridgehead atoms. The van der Waals surface area contributed by atoms with Crippen molar-refractivity contribution in [2.45, 2.75) is 45.1 Å². The van der Waals surface area contributed by atoms with Crippen molar-refractivity contribution in [3.8, 4) is 0 Å². The molecule has 1 aromatic heterocycles. The molecule has 31 heavy (non-hydrogen) atoms. The number of amides is 2. The fraction of sp³-hybridized carbons (Fsp3) is 0.429. The van der Waals surface area contributed by atoms with E-state index in [1.165, 1.54) is 21.2 Å². The summed E-state index contributed by atoms with van der Waals surface area (Å²) in [4.78, 5) is 54.7. The number of nitrogens with zero attached hydrogens (tertiary/aromatic N) is 2. The Morgan fingerprint density at radius 1 is 1.29 bits per heavy atom. The molecule has 0 spiro atoms. The van der Waals surface area contributed by atoms with Gasteiger partial charge in [-0.25, -0.2) is 4.79 Å². The highest BCUT2D eigenvalue weighted by atomic mass is 32.2. The second-order valence-electron chi connectivity index (χ2n) is 7.86. The summed E-state index contributed by atoms with van der Waals surface area (Å²) in [5.74, 6) is -0.237. The van der Waals surface area contributed by atoms with Gasteiger partial charge in [0, 0.05) is 23.5 Å². The van der Waals surface area contributed by atoms with Crippen molar-refractivity contribution in [1.29, 1.82) is 0 Å². The van der Waals surface area contributed by atoms with Gasteiger partial charge in [-0.1, -0.05) is 27.2 Å². The summed E-state index contributed by atoms with van der Waals surface area (Å²) in [7, 11) is 0. The number of unbranched alkanes of at least 4 members (excludes halogenated alkanes) is 1. The SMILES string of the molecule is CCCCn1c(N)c(N(CC(C)C)C(=O)c2ccc3c(c2)NC(=O)CS3)c(=O)[nH]c1=O. The average Bonchev–Trinajstić information content (AvgIpc) is 2.71. The molecule has 0 radical (unpaired) electrons. The van der Waals surface area contributed by atoms with Gasteiger partial charge in [0.25, 0.3) is 11.5 Å². The number of aromatic nitrogens is 2. The van der Waals surface area contributed by atoms with Crippen molar-refractivity contribution >= 4 is 40.8 Å². The van der Waals surface area contributed by atoms with Gasteiger partial charge in [0.05, 0.1) is 11.4 Å². The van der Waals surface area contributed by atoms with E-state index in [-0.39, 0.29) is 29.9 Å². The lowest BCUT2D eigenvalue weighted by Gasteiger charge is -2.27. The number of aromatic amines is 1. The van der Waals surface area contributed by atoms with Crippen LogP contribution in [0.5, 0.6) is 0 Å². The molecule has 0 saturated heterocycles. The molecule has 2 amide bonds. The van der Waals surface area contributed by atoms with Gasteiger partial charge in [-0.05, 0) is 30.5 Å². The smallest absolute Gasteiger partial charge is 0.330 e. The number of carbonyl (C=O) groups is 2. The van der Waals surface area contributed by atoms with Crippen LogP contribution in [0.3, 0.4) is 0 Å². The highest BCUT2D eigenvalue weighted by Crippen LogP contribution is 2.32. The molecule has 0 unspecified atom stereocenters. The van der Waals surface area contributed by atoms with Crippen molar-refractivity contribution in [3.63, 3.8) is 0 Å². The number of anilines is 3. The summed E-state index contributed by atoms with van der Waals surface area (Å²) in [6.45, 7) is 6.39. The standard InChI is InChI=1S/C21H27N5O4S/c1-4-5-8-25-18(22)17(19(28)24-21(25)30)26(10-12(2)3)20(29)13-6-7-15-14(9-13)23-16(27)11-31-15/h6-7,9,12H,4-5,8,10-11,22H2,1-3H3,(H,23,27)(H,24,28,30). The van der Waals surface area contributed by atoms with Crippen LogP contribution in [-0.2, 0) is 11.3 Å². The zero-order valence-corrected chi connectivity index (χ0v) is 18.7. The van der Waals surface area contributed by atoms with Crippen LogP contribution in [0.2, 0.25) is 0 Å². The van der Waals surface area contributed by atoms with E-state index in [2.05, 4.69) is 10.3 Å². The maximum atomic E-state index is 13.5. The second kappa shape index (κ2) is 9.42. The fourth-order valence-corrected chi connectivity index (χ4v) is 4.18. The molecule has 1 aromatic carbocycles. The predicted molar refractivity (Wildman–Crippen MR) is 123 cm³/mol. The van der Waals surface area contributed by atoms with E-state index in [0.29, 0.717) is 30.0 Å². The molecule has 3 rings (SSSR count). The van der Waals surface area contributed by atoms with E-state index in [4.69, 9.17) is 5.73 Å². The molecule has 0 saturated carbocycles. The third kappa shape index (κ3) is 4.84. The topological polar surface area (TPSA) is 130 Å². The van der Waals surface area contributed by atoms with Crippen LogP contribution in [0.4, 0.5) is 17.2 Å². The van der Waals surface area contributed by atoms with E-state index in [0.717, 1.165) is 11.3 Å². The number of fused-ring (bicyclic) bond motifs is 1. The zero-order chi connectivity index (χ0) is 22.7. The Hall–Kier alpha value is -3.01. The number of nitrogens with two attached hydrogens (primary N) is 1. The van der Waals surface area contributed by atoms with E-state index in [1.54, 1.807) is 18.2 Å². The van der Waals surface area contributed by atoms with Gasteiger partial charge in [-0.3, -0.25) is 23.9 Å². The number of thioether (sulfide) groups is 1. The minimum absolute atomic E-state index is 0.0296. The van der Waals surface area contributed by atoms with Gasteiger partial charge in [-0.15, -0.1) is 11.8 Å². The van der Waals surface area contributed by atoms with Crippen LogP contribution in [0.1, 0.15) is 44.0 Å². The Kier molecular flexibility index (Phi) is 6.89. The summed E-state index contributed by atoms with van der Waals surface area (Å²) < 4.78 is 1.30. The summed E-state index contributed by atoms with van der Waals surface area (Å²) in [5.41, 5.74) is 5.78. The molecule has 0 aliphatic carbocycles. The van der Waals surface area contributed by atoms with Crippen molar-refractivity contribution in [3.05, 3.63) is 44.6 Å². The van der Waals surface area contributed by atoms with Crippen LogP contribution in [0.25, 0.3) is 0 Å². The number of nitrogen functional groups attached to an aromatic ring is 1. The van der Waals surface area contributed by atoms with E-state index in [9.17, 15) is 19.2 Å². The number of nitrogens with one attached hydrogen (secondary N) is 2. The molecular formula is C21H27N5O4S. The molecule has 2 aromatic rings. The van der Waals surface area contributed by atoms with Crippen molar-refractivity contribution in [1.82, 2.24) is 9.55 Å². The number of H-pyrrole nitrogens is 1. The molecule has 2 heterocycles. The van der Waals surface area contributed by atoms with E-state index < -0.39 is 17.2 Å². The first-order chi connectivity index (χ1) is 14.7. The van der Waals surface area contributed by atoms with E-state index >= 15 is 0 Å². The molecule has 0 atom stereocenters. The van der Waals surface area contributed by atoms with Gasteiger partial charge >= 0.3 is 5.69 Å². The van der Waals surface area contributed by atoms with Gasteiger partial charge in [-0.2, -0.15) is 0 Å². The molecule has 1 aliphatic rings. The summed E-state index contributed by atoms with van der Waals surface area (Å²) in [6.07, 6.45) is 1.55. The predicted octanol–water partition coefficient (Wildman–Crippen LogP) is 2.27. The number of rotatable bonds is 7. The number of hydrogen-bond donors (Lipinski definition) is 3.